The van der Waals surface area contributed by atoms with Gasteiger partial charge >= 0.3 is 5.97 Å². The number of methoxy groups -OCH3 is 1. The highest BCUT2D eigenvalue weighted by molar-refractivity contribution is 5.91. The number of benzene rings is 2. The summed E-state index contributed by atoms with van der Waals surface area (Å²) >= 11 is 0. The maximum atomic E-state index is 12.9. The number of guanidine groups is 1. The van der Waals surface area contributed by atoms with E-state index >= 15 is 0 Å². The van der Waals surface area contributed by atoms with Gasteiger partial charge in [-0.1, -0.05) is 0 Å². The van der Waals surface area contributed by atoms with E-state index in [4.69, 9.17) is 20.9 Å². The third kappa shape index (κ3) is 4.54. The van der Waals surface area contributed by atoms with Gasteiger partial charge in [0, 0.05) is 10.7 Å². The van der Waals surface area contributed by atoms with E-state index < -0.39 is 11.8 Å². The SMILES string of the molecule is COc1cc(/C=[NH+]\N=C(N)N)ccc1OC(=O)c1ccc(F)cc1. The minimum absolute atomic E-state index is 0.108. The molecule has 24 heavy (non-hydrogen) atoms. The molecule has 0 spiro atoms. The molecule has 0 unspecified atom stereocenters. The van der Waals surface area contributed by atoms with E-state index in [2.05, 4.69) is 10.2 Å². The van der Waals surface area contributed by atoms with Crippen LogP contribution in [0.5, 0.6) is 11.5 Å². The van der Waals surface area contributed by atoms with Crippen LogP contribution in [0.15, 0.2) is 47.6 Å². The van der Waals surface area contributed by atoms with Crippen LogP contribution in [-0.4, -0.2) is 25.3 Å². The van der Waals surface area contributed by atoms with Gasteiger partial charge in [-0.3, -0.25) is 0 Å². The third-order valence-corrected chi connectivity index (χ3v) is 2.90. The first-order valence-electron chi connectivity index (χ1n) is 6.83. The molecule has 0 aromatic heterocycles. The second kappa shape index (κ2) is 7.73. The van der Waals surface area contributed by atoms with Crippen LogP contribution >= 0.6 is 0 Å². The van der Waals surface area contributed by atoms with Gasteiger partial charge in [-0.25, -0.2) is 9.18 Å². The van der Waals surface area contributed by atoms with Crippen molar-refractivity contribution in [2.75, 3.05) is 7.11 Å². The summed E-state index contributed by atoms with van der Waals surface area (Å²) in [4.78, 5) is 12.1. The monoisotopic (exact) mass is 331 g/mol. The Bertz CT molecular complexity index is 784. The van der Waals surface area contributed by atoms with Gasteiger partial charge in [0.2, 0.25) is 6.21 Å². The molecule has 7 nitrogen and oxygen atoms in total. The summed E-state index contributed by atoms with van der Waals surface area (Å²) in [6, 6.07) is 9.90. The highest BCUT2D eigenvalue weighted by Crippen LogP contribution is 2.28. The number of ether oxygens (including phenoxy) is 2. The lowest BCUT2D eigenvalue weighted by Crippen LogP contribution is -2.63. The van der Waals surface area contributed by atoms with Gasteiger partial charge in [-0.2, -0.15) is 0 Å². The Morgan fingerprint density at radius 1 is 1.17 bits per heavy atom. The average Bonchev–Trinajstić information content (AvgIpc) is 2.56. The van der Waals surface area contributed by atoms with E-state index in [0.717, 1.165) is 0 Å². The molecule has 0 amide bonds. The number of hydrogen-bond donors (Lipinski definition) is 3. The molecule has 0 heterocycles. The number of nitrogens with one attached hydrogen (secondary N) is 1. The van der Waals surface area contributed by atoms with Crippen molar-refractivity contribution in [3.05, 3.63) is 59.4 Å². The van der Waals surface area contributed by atoms with Gasteiger partial charge < -0.3 is 20.9 Å². The minimum atomic E-state index is -0.622. The van der Waals surface area contributed by atoms with Crippen molar-refractivity contribution in [2.45, 2.75) is 0 Å². The van der Waals surface area contributed by atoms with E-state index in [1.54, 1.807) is 18.2 Å². The summed E-state index contributed by atoms with van der Waals surface area (Å²) in [6.45, 7) is 0. The molecule has 0 bridgehead atoms. The Kier molecular flexibility index (Phi) is 5.45. The molecule has 0 aliphatic carbocycles. The van der Waals surface area contributed by atoms with Crippen molar-refractivity contribution in [2.24, 2.45) is 16.6 Å². The second-order valence-corrected chi connectivity index (χ2v) is 4.62. The maximum absolute atomic E-state index is 12.9. The Morgan fingerprint density at radius 2 is 1.88 bits per heavy atom. The van der Waals surface area contributed by atoms with Crippen LogP contribution in [0.2, 0.25) is 0 Å². The summed E-state index contributed by atoms with van der Waals surface area (Å²) < 4.78 is 23.4. The van der Waals surface area contributed by atoms with E-state index in [1.807, 2.05) is 0 Å². The quantitative estimate of drug-likeness (QED) is 0.230. The number of esters is 1. The van der Waals surface area contributed by atoms with Gasteiger partial charge in [-0.05, 0) is 42.5 Å². The zero-order valence-corrected chi connectivity index (χ0v) is 12.8. The maximum Gasteiger partial charge on any atom is 0.343 e. The number of hydrogen-bond acceptors (Lipinski definition) is 4. The van der Waals surface area contributed by atoms with Crippen molar-refractivity contribution in [3.63, 3.8) is 0 Å². The fourth-order valence-electron chi connectivity index (χ4n) is 1.78. The molecule has 0 saturated carbocycles. The summed E-state index contributed by atoms with van der Waals surface area (Å²) in [7, 11) is 1.44. The molecule has 2 rings (SSSR count). The van der Waals surface area contributed by atoms with Crippen LogP contribution < -0.4 is 26.0 Å². The summed E-state index contributed by atoms with van der Waals surface area (Å²) in [6.07, 6.45) is 1.54. The lowest BCUT2D eigenvalue weighted by Gasteiger charge is -2.09. The molecular formula is C16H16FN4O3+. The number of rotatable bonds is 5. The lowest BCUT2D eigenvalue weighted by atomic mass is 10.2. The number of nitrogens with two attached hydrogens (primary N) is 2. The van der Waals surface area contributed by atoms with Crippen molar-refractivity contribution in [1.82, 2.24) is 0 Å². The van der Waals surface area contributed by atoms with Gasteiger partial charge in [0.25, 0.3) is 5.96 Å². The summed E-state index contributed by atoms with van der Waals surface area (Å²) in [5.41, 5.74) is 11.3. The Labute approximate surface area is 137 Å². The molecule has 0 fully saturated rings. The molecule has 2 aromatic rings. The largest absolute Gasteiger partial charge is 0.493 e. The topological polar surface area (TPSA) is 114 Å². The lowest BCUT2D eigenvalue weighted by molar-refractivity contribution is -0.456. The number of carbonyl (C=O) groups excluding carboxylic acids is 1. The molecule has 0 atom stereocenters. The first-order valence-corrected chi connectivity index (χ1v) is 6.83. The molecular weight excluding hydrogens is 315 g/mol. The van der Waals surface area contributed by atoms with Crippen LogP contribution in [-0.2, 0) is 0 Å². The van der Waals surface area contributed by atoms with Gasteiger partial charge in [0.1, 0.15) is 5.82 Å². The van der Waals surface area contributed by atoms with Crippen molar-refractivity contribution < 1.29 is 23.8 Å². The van der Waals surface area contributed by atoms with Crippen molar-refractivity contribution in [3.8, 4) is 11.5 Å². The Morgan fingerprint density at radius 3 is 2.50 bits per heavy atom. The number of halogens is 1. The van der Waals surface area contributed by atoms with Crippen LogP contribution in [0.4, 0.5) is 4.39 Å². The fourth-order valence-corrected chi connectivity index (χ4v) is 1.78. The highest BCUT2D eigenvalue weighted by atomic mass is 19.1. The normalized spacial score (nSPS) is 10.4. The molecule has 2 aromatic carbocycles. The zero-order chi connectivity index (χ0) is 17.5. The first-order chi connectivity index (χ1) is 11.5. The van der Waals surface area contributed by atoms with Crippen LogP contribution in [0.25, 0.3) is 0 Å². The standard InChI is InChI=1S/C16H15FN4O3/c1-23-14-8-10(9-20-21-16(18)19)2-7-13(14)24-15(22)11-3-5-12(17)6-4-11/h2-9H,1H3,(H4,18,19,21)/p+1/b20-9-. The van der Waals surface area contributed by atoms with Gasteiger partial charge in [-0.15, -0.1) is 5.10 Å². The van der Waals surface area contributed by atoms with Crippen molar-refractivity contribution >= 4 is 18.1 Å². The number of nitrogens with zero attached hydrogens (tertiary/aromatic N) is 1. The molecule has 0 aliphatic heterocycles. The van der Waals surface area contributed by atoms with Crippen molar-refractivity contribution in [1.29, 1.82) is 0 Å². The number of hydrazone groups is 1. The molecule has 8 heteroatoms. The summed E-state index contributed by atoms with van der Waals surface area (Å²) in [5.74, 6) is -0.597. The second-order valence-electron chi connectivity index (χ2n) is 4.62. The van der Waals surface area contributed by atoms with E-state index in [1.165, 1.54) is 37.6 Å². The van der Waals surface area contributed by atoms with Gasteiger partial charge in [0.15, 0.2) is 11.5 Å². The number of carbonyl (C=O) groups is 1. The molecule has 5 N–H and O–H groups in total. The fraction of sp³-hybridized carbons (Fsp3) is 0.0625. The highest BCUT2D eigenvalue weighted by Gasteiger charge is 2.13. The predicted octanol–water partition coefficient (Wildman–Crippen LogP) is -0.259. The van der Waals surface area contributed by atoms with E-state index in [-0.39, 0.29) is 17.3 Å². The third-order valence-electron chi connectivity index (χ3n) is 2.90. The first kappa shape index (κ1) is 16.9. The van der Waals surface area contributed by atoms with E-state index in [0.29, 0.717) is 11.3 Å². The van der Waals surface area contributed by atoms with E-state index in [9.17, 15) is 9.18 Å². The summed E-state index contributed by atoms with van der Waals surface area (Å²) in [5, 5.41) is 6.16. The zero-order valence-electron chi connectivity index (χ0n) is 12.8. The molecule has 0 aliphatic rings. The van der Waals surface area contributed by atoms with Crippen LogP contribution in [0, 0.1) is 5.82 Å². The molecule has 0 radical (unpaired) electrons. The Hall–Kier alpha value is -3.42. The van der Waals surface area contributed by atoms with Gasteiger partial charge in [0.05, 0.1) is 12.7 Å². The van der Waals surface area contributed by atoms with Crippen LogP contribution in [0.3, 0.4) is 0 Å². The Balaban J connectivity index is 2.18. The minimum Gasteiger partial charge on any atom is -0.493 e. The molecule has 124 valence electrons. The predicted molar refractivity (Wildman–Crippen MR) is 86.3 cm³/mol. The average molecular weight is 331 g/mol. The molecule has 0 saturated heterocycles. The smallest absolute Gasteiger partial charge is 0.343 e. The van der Waals surface area contributed by atoms with Crippen LogP contribution in [0.1, 0.15) is 15.9 Å².